The summed E-state index contributed by atoms with van der Waals surface area (Å²) in [5.74, 6) is -5.30. The number of rotatable bonds is 4. The molecule has 0 radical (unpaired) electrons. The molecule has 0 bridgehead atoms. The Morgan fingerprint density at radius 2 is 1.55 bits per heavy atom. The lowest BCUT2D eigenvalue weighted by Gasteiger charge is -2.25. The van der Waals surface area contributed by atoms with Crippen molar-refractivity contribution in [3.63, 3.8) is 0 Å². The number of carbonyl (C=O) groups is 3. The molecule has 0 saturated carbocycles. The molecular weight excluding hydrogens is 528 g/mol. The number of fused-ring (bicyclic) bond motifs is 1. The number of pyridine rings is 1. The Morgan fingerprint density at radius 3 is 2.03 bits per heavy atom. The minimum atomic E-state index is -5.08. The predicted octanol–water partition coefficient (Wildman–Crippen LogP) is 2.50. The van der Waals surface area contributed by atoms with E-state index < -0.39 is 24.3 Å². The van der Waals surface area contributed by atoms with Gasteiger partial charge in [-0.1, -0.05) is 6.07 Å². The van der Waals surface area contributed by atoms with E-state index in [-0.39, 0.29) is 5.91 Å². The van der Waals surface area contributed by atoms with Crippen LogP contribution in [0.1, 0.15) is 24.1 Å². The summed E-state index contributed by atoms with van der Waals surface area (Å²) in [5.41, 5.74) is 2.10. The molecule has 0 spiro atoms. The van der Waals surface area contributed by atoms with E-state index in [4.69, 9.17) is 19.8 Å². The summed E-state index contributed by atoms with van der Waals surface area (Å²) in [4.78, 5) is 39.3. The quantitative estimate of drug-likeness (QED) is 0.553. The first-order valence-corrected chi connectivity index (χ1v) is 11.1. The highest BCUT2D eigenvalue weighted by molar-refractivity contribution is 5.79. The molecule has 16 heteroatoms. The Hall–Kier alpha value is -3.69. The van der Waals surface area contributed by atoms with Crippen LogP contribution in [-0.2, 0) is 34.4 Å². The molecule has 2 aromatic rings. The van der Waals surface area contributed by atoms with E-state index in [9.17, 15) is 31.1 Å². The SMILES string of the molecule is Cn1ccc(CC(=O)N2CC[C@H]3[C@H]2CCN3Cc2cccnc2)n1.O=C(O)C(F)(F)F.O=C(O)C(F)(F)F. The first-order chi connectivity index (χ1) is 17.6. The third-order valence-corrected chi connectivity index (χ3v) is 5.71. The first kappa shape index (κ1) is 30.5. The molecule has 2 aliphatic heterocycles. The van der Waals surface area contributed by atoms with Gasteiger partial charge < -0.3 is 15.1 Å². The molecule has 2 aromatic heterocycles. The van der Waals surface area contributed by atoms with Gasteiger partial charge in [0.25, 0.3) is 0 Å². The molecule has 0 unspecified atom stereocenters. The van der Waals surface area contributed by atoms with Crippen molar-refractivity contribution in [2.24, 2.45) is 7.05 Å². The number of hydrogen-bond donors (Lipinski definition) is 2. The van der Waals surface area contributed by atoms with E-state index in [1.165, 1.54) is 5.56 Å². The van der Waals surface area contributed by atoms with Crippen LogP contribution < -0.4 is 0 Å². The van der Waals surface area contributed by atoms with Gasteiger partial charge in [0.15, 0.2) is 0 Å². The molecule has 2 N–H and O–H groups in total. The largest absolute Gasteiger partial charge is 0.490 e. The van der Waals surface area contributed by atoms with Crippen LogP contribution in [0.5, 0.6) is 0 Å². The van der Waals surface area contributed by atoms with E-state index in [2.05, 4.69) is 25.9 Å². The summed E-state index contributed by atoms with van der Waals surface area (Å²) in [5, 5.41) is 18.6. The molecule has 210 valence electrons. The zero-order valence-corrected chi connectivity index (χ0v) is 20.0. The maximum absolute atomic E-state index is 12.7. The van der Waals surface area contributed by atoms with E-state index in [0.717, 1.165) is 38.2 Å². The Morgan fingerprint density at radius 1 is 0.974 bits per heavy atom. The van der Waals surface area contributed by atoms with Crippen LogP contribution >= 0.6 is 0 Å². The fraction of sp³-hybridized carbons (Fsp3) is 0.500. The highest BCUT2D eigenvalue weighted by Crippen LogP contribution is 2.33. The van der Waals surface area contributed by atoms with Crippen LogP contribution in [0.2, 0.25) is 0 Å². The number of aryl methyl sites for hydroxylation is 1. The van der Waals surface area contributed by atoms with Crippen molar-refractivity contribution in [1.29, 1.82) is 0 Å². The van der Waals surface area contributed by atoms with Gasteiger partial charge >= 0.3 is 24.3 Å². The van der Waals surface area contributed by atoms with Crippen LogP contribution in [-0.4, -0.2) is 90.1 Å². The van der Waals surface area contributed by atoms with E-state index >= 15 is 0 Å². The maximum Gasteiger partial charge on any atom is 0.490 e. The van der Waals surface area contributed by atoms with Crippen molar-refractivity contribution in [2.45, 2.75) is 50.2 Å². The Bertz CT molecular complexity index is 1070. The molecule has 2 aliphatic rings. The van der Waals surface area contributed by atoms with Crippen molar-refractivity contribution >= 4 is 17.8 Å². The number of hydrogen-bond acceptors (Lipinski definition) is 6. The van der Waals surface area contributed by atoms with Gasteiger partial charge in [0.1, 0.15) is 0 Å². The number of aromatic nitrogens is 3. The summed E-state index contributed by atoms with van der Waals surface area (Å²) >= 11 is 0. The summed E-state index contributed by atoms with van der Waals surface area (Å²) in [6.07, 6.45) is -1.98. The monoisotopic (exact) mass is 553 g/mol. The lowest BCUT2D eigenvalue weighted by atomic mass is 10.1. The van der Waals surface area contributed by atoms with Gasteiger partial charge in [0.05, 0.1) is 12.1 Å². The lowest BCUT2D eigenvalue weighted by molar-refractivity contribution is -0.193. The summed E-state index contributed by atoms with van der Waals surface area (Å²) in [6.45, 7) is 2.85. The van der Waals surface area contributed by atoms with Gasteiger partial charge in [0, 0.05) is 57.4 Å². The number of halogens is 6. The summed E-state index contributed by atoms with van der Waals surface area (Å²) in [6, 6.07) is 6.88. The summed E-state index contributed by atoms with van der Waals surface area (Å²) in [7, 11) is 1.88. The molecule has 0 aromatic carbocycles. The highest BCUT2D eigenvalue weighted by atomic mass is 19.4. The maximum atomic E-state index is 12.7. The van der Waals surface area contributed by atoms with Gasteiger partial charge in [-0.3, -0.25) is 19.4 Å². The number of carbonyl (C=O) groups excluding carboxylic acids is 1. The number of alkyl halides is 6. The van der Waals surface area contributed by atoms with E-state index in [0.29, 0.717) is 18.5 Å². The number of likely N-dealkylation sites (tertiary alicyclic amines) is 2. The zero-order chi connectivity index (χ0) is 28.7. The average Bonchev–Trinajstić information content (AvgIpc) is 3.52. The second kappa shape index (κ2) is 12.7. The molecule has 1 amide bonds. The highest BCUT2D eigenvalue weighted by Gasteiger charge is 2.44. The number of aliphatic carboxylic acids is 2. The smallest absolute Gasteiger partial charge is 0.475 e. The molecule has 0 aliphatic carbocycles. The third-order valence-electron chi connectivity index (χ3n) is 5.71. The van der Waals surface area contributed by atoms with E-state index in [1.54, 1.807) is 4.68 Å². The minimum Gasteiger partial charge on any atom is -0.475 e. The number of nitrogens with zero attached hydrogens (tertiary/aromatic N) is 5. The van der Waals surface area contributed by atoms with Crippen molar-refractivity contribution in [2.75, 3.05) is 13.1 Å². The van der Waals surface area contributed by atoms with Gasteiger partial charge in [-0.15, -0.1) is 0 Å². The van der Waals surface area contributed by atoms with Crippen LogP contribution in [0, 0.1) is 0 Å². The van der Waals surface area contributed by atoms with Crippen LogP contribution in [0.4, 0.5) is 26.3 Å². The second-order valence-corrected chi connectivity index (χ2v) is 8.39. The molecule has 2 atom stereocenters. The summed E-state index contributed by atoms with van der Waals surface area (Å²) < 4.78 is 65.2. The molecule has 4 heterocycles. The van der Waals surface area contributed by atoms with Crippen molar-refractivity contribution in [3.05, 3.63) is 48.0 Å². The molecule has 4 rings (SSSR count). The van der Waals surface area contributed by atoms with Gasteiger partial charge in [-0.2, -0.15) is 31.4 Å². The number of carboxylic acid groups (broad SMARTS) is 2. The standard InChI is InChI=1S/C18H23N5O.2C2HF3O2/c1-21-8-4-15(20-21)11-18(24)23-10-6-16-17(23)5-9-22(16)13-14-3-2-7-19-12-14;2*3-2(4,5)1(6)7/h2-4,7-8,12,16-17H,5-6,9-11,13H2,1H3;2*(H,6,7)/t16-,17+;;/m0../s1. The first-order valence-electron chi connectivity index (χ1n) is 11.1. The Labute approximate surface area is 212 Å². The number of amides is 1. The second-order valence-electron chi connectivity index (χ2n) is 8.39. The number of carboxylic acids is 2. The topological polar surface area (TPSA) is 129 Å². The molecule has 38 heavy (non-hydrogen) atoms. The Kier molecular flexibility index (Phi) is 10.2. The minimum absolute atomic E-state index is 0.212. The predicted molar refractivity (Wildman–Crippen MR) is 117 cm³/mol. The normalized spacial score (nSPS) is 19.1. The molecular formula is C22H25F6N5O5. The van der Waals surface area contributed by atoms with E-state index in [1.807, 2.05) is 37.8 Å². The lowest BCUT2D eigenvalue weighted by Crippen LogP contribution is -2.40. The van der Waals surface area contributed by atoms with Crippen molar-refractivity contribution in [3.8, 4) is 0 Å². The van der Waals surface area contributed by atoms with Gasteiger partial charge in [0.2, 0.25) is 5.91 Å². The third kappa shape index (κ3) is 9.00. The van der Waals surface area contributed by atoms with Crippen molar-refractivity contribution < 1.29 is 50.9 Å². The molecule has 2 saturated heterocycles. The van der Waals surface area contributed by atoms with Crippen LogP contribution in [0.3, 0.4) is 0 Å². The molecule has 2 fully saturated rings. The van der Waals surface area contributed by atoms with Crippen LogP contribution in [0.15, 0.2) is 36.8 Å². The van der Waals surface area contributed by atoms with Crippen LogP contribution in [0.25, 0.3) is 0 Å². The zero-order valence-electron chi connectivity index (χ0n) is 20.0. The fourth-order valence-corrected chi connectivity index (χ4v) is 4.12. The average molecular weight is 553 g/mol. The van der Waals surface area contributed by atoms with Gasteiger partial charge in [-0.05, 0) is 30.5 Å². The van der Waals surface area contributed by atoms with Gasteiger partial charge in [-0.25, -0.2) is 9.59 Å². The molecule has 10 nitrogen and oxygen atoms in total. The Balaban J connectivity index is 0.000000301. The van der Waals surface area contributed by atoms with Crippen molar-refractivity contribution in [1.82, 2.24) is 24.6 Å². The fourth-order valence-electron chi connectivity index (χ4n) is 4.12.